The van der Waals surface area contributed by atoms with Gasteiger partial charge in [-0.15, -0.1) is 0 Å². The summed E-state index contributed by atoms with van der Waals surface area (Å²) in [5.74, 6) is 0.346. The van der Waals surface area contributed by atoms with Gasteiger partial charge in [-0.25, -0.2) is 23.2 Å². The highest BCUT2D eigenvalue weighted by Crippen LogP contribution is 2.23. The van der Waals surface area contributed by atoms with Gasteiger partial charge in [0.05, 0.1) is 16.8 Å². The monoisotopic (exact) mass is 429 g/mol. The van der Waals surface area contributed by atoms with Gasteiger partial charge < -0.3 is 0 Å². The lowest BCUT2D eigenvalue weighted by Gasteiger charge is -2.05. The Labute approximate surface area is 158 Å². The lowest BCUT2D eigenvalue weighted by atomic mass is 10.2. The van der Waals surface area contributed by atoms with Crippen molar-refractivity contribution in [3.63, 3.8) is 0 Å². The first-order valence-electron chi connectivity index (χ1n) is 7.29. The van der Waals surface area contributed by atoms with Gasteiger partial charge in [-0.3, -0.25) is 0 Å². The van der Waals surface area contributed by atoms with Crippen LogP contribution in [0.5, 0.6) is 0 Å². The molecule has 0 spiro atoms. The summed E-state index contributed by atoms with van der Waals surface area (Å²) in [7, 11) is -3.78. The molecule has 7 nitrogen and oxygen atoms in total. The number of aromatic nitrogens is 2. The van der Waals surface area contributed by atoms with Gasteiger partial charge in [0.25, 0.3) is 0 Å². The number of hydrogen-bond donors (Lipinski definition) is 1. The van der Waals surface area contributed by atoms with Crippen LogP contribution in [0.3, 0.4) is 0 Å². The van der Waals surface area contributed by atoms with Crippen molar-refractivity contribution in [3.8, 4) is 11.8 Å². The fraction of sp³-hybridized carbons (Fsp3) is 0. The third-order valence-electron chi connectivity index (χ3n) is 3.48. The molecule has 1 heterocycles. The molecule has 0 fully saturated rings. The fourth-order valence-corrected chi connectivity index (χ4v) is 2.98. The molecule has 0 bridgehead atoms. The third-order valence-corrected chi connectivity index (χ3v) is 4.94. The van der Waals surface area contributed by atoms with Gasteiger partial charge >= 0.3 is 0 Å². The van der Waals surface area contributed by atoms with Gasteiger partial charge in [-0.05, 0) is 42.0 Å². The predicted molar refractivity (Wildman–Crippen MR) is 101 cm³/mol. The Balaban J connectivity index is 2.00. The molecule has 0 amide bonds. The van der Waals surface area contributed by atoms with E-state index in [0.29, 0.717) is 17.1 Å². The highest BCUT2D eigenvalue weighted by molar-refractivity contribution is 9.10. The molecule has 0 radical (unpaired) electrons. The van der Waals surface area contributed by atoms with E-state index >= 15 is 0 Å². The van der Waals surface area contributed by atoms with Gasteiger partial charge in [0.15, 0.2) is 5.82 Å². The smallest absolute Gasteiger partial charge is 0.235 e. The topological polar surface area (TPSA) is 114 Å². The van der Waals surface area contributed by atoms with E-state index in [4.69, 9.17) is 5.14 Å². The average Bonchev–Trinajstić information content (AvgIpc) is 3.03. The van der Waals surface area contributed by atoms with Crippen molar-refractivity contribution in [1.29, 1.82) is 5.26 Å². The summed E-state index contributed by atoms with van der Waals surface area (Å²) >= 11 is 3.37. The first-order chi connectivity index (χ1) is 12.4. The van der Waals surface area contributed by atoms with Crippen molar-refractivity contribution in [3.05, 3.63) is 70.3 Å². The zero-order valence-electron chi connectivity index (χ0n) is 13.2. The molecular formula is C17H12BrN5O2S. The molecule has 0 saturated heterocycles. The number of hydrogen-bond acceptors (Lipinski definition) is 5. The largest absolute Gasteiger partial charge is 0.238 e. The maximum Gasteiger partial charge on any atom is 0.238 e. The predicted octanol–water partition coefficient (Wildman–Crippen LogP) is 2.90. The van der Waals surface area contributed by atoms with Crippen LogP contribution in [0.4, 0.5) is 5.82 Å². The molecule has 3 rings (SSSR count). The average molecular weight is 430 g/mol. The lowest BCUT2D eigenvalue weighted by molar-refractivity contribution is 0.598. The minimum Gasteiger partial charge on any atom is -0.235 e. The van der Waals surface area contributed by atoms with Crippen LogP contribution in [0.25, 0.3) is 5.69 Å². The van der Waals surface area contributed by atoms with Crippen LogP contribution in [0, 0.1) is 11.3 Å². The number of primary sulfonamides is 1. The fourth-order valence-electron chi connectivity index (χ4n) is 2.20. The van der Waals surface area contributed by atoms with E-state index in [2.05, 4.69) is 26.0 Å². The zero-order valence-corrected chi connectivity index (χ0v) is 15.6. The minimum absolute atomic E-state index is 0.00572. The van der Waals surface area contributed by atoms with E-state index in [1.807, 2.05) is 30.3 Å². The Morgan fingerprint density at radius 1 is 1.15 bits per heavy atom. The third kappa shape index (κ3) is 3.88. The van der Waals surface area contributed by atoms with E-state index in [1.54, 1.807) is 18.3 Å². The normalized spacial score (nSPS) is 11.6. The van der Waals surface area contributed by atoms with Crippen LogP contribution in [0.1, 0.15) is 11.1 Å². The summed E-state index contributed by atoms with van der Waals surface area (Å²) in [6.45, 7) is 0. The molecule has 0 saturated carbocycles. The highest BCUT2D eigenvalue weighted by Gasteiger charge is 2.13. The Morgan fingerprint density at radius 2 is 1.81 bits per heavy atom. The Morgan fingerprint density at radius 3 is 2.38 bits per heavy atom. The highest BCUT2D eigenvalue weighted by atomic mass is 79.9. The van der Waals surface area contributed by atoms with Crippen LogP contribution < -0.4 is 5.14 Å². The van der Waals surface area contributed by atoms with E-state index < -0.39 is 10.0 Å². The van der Waals surface area contributed by atoms with Crippen molar-refractivity contribution in [1.82, 2.24) is 9.78 Å². The first kappa shape index (κ1) is 18.0. The van der Waals surface area contributed by atoms with Crippen molar-refractivity contribution in [2.45, 2.75) is 4.90 Å². The number of sulfonamides is 1. The molecule has 130 valence electrons. The maximum absolute atomic E-state index is 11.4. The summed E-state index contributed by atoms with van der Waals surface area (Å²) < 4.78 is 25.1. The summed E-state index contributed by atoms with van der Waals surface area (Å²) in [6, 6.07) is 15.4. The van der Waals surface area contributed by atoms with Gasteiger partial charge in [-0.1, -0.05) is 28.1 Å². The van der Waals surface area contributed by atoms with Crippen LogP contribution in [-0.4, -0.2) is 24.4 Å². The molecule has 1 aromatic heterocycles. The molecule has 26 heavy (non-hydrogen) atoms. The number of rotatable bonds is 4. The van der Waals surface area contributed by atoms with Crippen molar-refractivity contribution < 1.29 is 8.42 Å². The number of halogens is 1. The van der Waals surface area contributed by atoms with Crippen LogP contribution in [0.15, 0.2) is 69.1 Å². The Bertz CT molecular complexity index is 1110. The quantitative estimate of drug-likeness (QED) is 0.641. The van der Waals surface area contributed by atoms with Crippen molar-refractivity contribution in [2.75, 3.05) is 0 Å². The number of nitriles is 1. The molecule has 0 atom stereocenters. The summed E-state index contributed by atoms with van der Waals surface area (Å²) in [5.41, 5.74) is 1.71. The molecule has 0 aliphatic rings. The molecule has 0 unspecified atom stereocenters. The maximum atomic E-state index is 11.4. The summed E-state index contributed by atoms with van der Waals surface area (Å²) in [4.78, 5) is 4.37. The summed E-state index contributed by atoms with van der Waals surface area (Å²) in [5, 5.41) is 18.6. The second kappa shape index (κ2) is 7.21. The Hall–Kier alpha value is -2.80. The van der Waals surface area contributed by atoms with E-state index in [9.17, 15) is 13.7 Å². The first-order valence-corrected chi connectivity index (χ1v) is 9.63. The molecule has 0 aliphatic heterocycles. The number of nitrogens with zero attached hydrogens (tertiary/aromatic N) is 4. The zero-order chi connectivity index (χ0) is 18.7. The molecule has 3 aromatic rings. The summed E-state index contributed by atoms with van der Waals surface area (Å²) in [6.07, 6.45) is 3.03. The number of aliphatic imine (C=N–C) groups is 1. The van der Waals surface area contributed by atoms with E-state index in [0.717, 1.165) is 10.0 Å². The SMILES string of the molecule is N#Cc1cnn(-c2ccc(S(N)(=O)=O)cc2)c1/N=C/c1ccc(Br)cc1. The van der Waals surface area contributed by atoms with Crippen LogP contribution in [-0.2, 0) is 10.0 Å². The molecule has 9 heteroatoms. The van der Waals surface area contributed by atoms with E-state index in [1.165, 1.54) is 23.0 Å². The molecular weight excluding hydrogens is 418 g/mol. The van der Waals surface area contributed by atoms with Gasteiger partial charge in [0.1, 0.15) is 11.6 Å². The van der Waals surface area contributed by atoms with Crippen LogP contribution in [0.2, 0.25) is 0 Å². The van der Waals surface area contributed by atoms with Gasteiger partial charge in [0, 0.05) is 10.7 Å². The second-order valence-electron chi connectivity index (χ2n) is 5.25. The van der Waals surface area contributed by atoms with Crippen molar-refractivity contribution >= 4 is 38.0 Å². The van der Waals surface area contributed by atoms with Gasteiger partial charge in [0.2, 0.25) is 10.0 Å². The van der Waals surface area contributed by atoms with Crippen LogP contribution >= 0.6 is 15.9 Å². The van der Waals surface area contributed by atoms with Crippen molar-refractivity contribution in [2.24, 2.45) is 10.1 Å². The second-order valence-corrected chi connectivity index (χ2v) is 7.73. The standard InChI is InChI=1S/C17H12BrN5O2S/c18-14-3-1-12(2-4-14)10-21-17-13(9-19)11-22-23(17)15-5-7-16(8-6-15)26(20,24)25/h1-8,10-11H,(H2,20,24,25)/b21-10+. The number of benzene rings is 2. The Kier molecular flexibility index (Phi) is 4.99. The van der Waals surface area contributed by atoms with E-state index in [-0.39, 0.29) is 4.90 Å². The number of nitrogens with two attached hydrogens (primary N) is 1. The molecule has 2 N–H and O–H groups in total. The van der Waals surface area contributed by atoms with Gasteiger partial charge in [-0.2, -0.15) is 10.4 Å². The minimum atomic E-state index is -3.78. The lowest BCUT2D eigenvalue weighted by Crippen LogP contribution is -2.12. The molecule has 0 aliphatic carbocycles. The molecule has 2 aromatic carbocycles.